The summed E-state index contributed by atoms with van der Waals surface area (Å²) in [6, 6.07) is 0. The van der Waals surface area contributed by atoms with Crippen LogP contribution in [0.15, 0.2) is 0 Å². The molecule has 1 aliphatic carbocycles. The molecule has 90 valence electrons. The van der Waals surface area contributed by atoms with Gasteiger partial charge in [0.05, 0.1) is 18.8 Å². The molecule has 0 spiro atoms. The van der Waals surface area contributed by atoms with E-state index in [-0.39, 0.29) is 12.1 Å². The molecule has 0 aliphatic heterocycles. The summed E-state index contributed by atoms with van der Waals surface area (Å²) in [6.45, 7) is 2.64. The van der Waals surface area contributed by atoms with E-state index in [1.165, 1.54) is 12.8 Å². The number of hydrogen-bond acceptors (Lipinski definition) is 4. The van der Waals surface area contributed by atoms with Crippen LogP contribution in [0.1, 0.15) is 12.8 Å². The molecule has 1 aliphatic rings. The number of methoxy groups -OCH3 is 1. The summed E-state index contributed by atoms with van der Waals surface area (Å²) in [5.74, 6) is 0.588. The van der Waals surface area contributed by atoms with E-state index in [4.69, 9.17) is 4.74 Å². The summed E-state index contributed by atoms with van der Waals surface area (Å²) in [7, 11) is 5.80. The van der Waals surface area contributed by atoms with Crippen LogP contribution in [0, 0.1) is 5.92 Å². The highest BCUT2D eigenvalue weighted by molar-refractivity contribution is 5.01. The van der Waals surface area contributed by atoms with Gasteiger partial charge in [0, 0.05) is 20.2 Å². The Balaban J connectivity index is 2.40. The van der Waals surface area contributed by atoms with Crippen molar-refractivity contribution >= 4 is 0 Å². The standard InChI is InChI=1S/C11H24N2O2/c1-13(2)7-6-12-11(8-14,9-15-3)10-4-5-10/h10,12,14H,4-9H2,1-3H3. The first kappa shape index (κ1) is 12.9. The fourth-order valence-electron chi connectivity index (χ4n) is 1.97. The van der Waals surface area contributed by atoms with Gasteiger partial charge in [0.2, 0.25) is 0 Å². The molecule has 0 aromatic heterocycles. The molecule has 0 saturated heterocycles. The van der Waals surface area contributed by atoms with Crippen molar-refractivity contribution in [3.05, 3.63) is 0 Å². The fourth-order valence-corrected chi connectivity index (χ4v) is 1.97. The molecule has 0 radical (unpaired) electrons. The van der Waals surface area contributed by atoms with E-state index in [1.54, 1.807) is 7.11 Å². The van der Waals surface area contributed by atoms with Gasteiger partial charge in [-0.05, 0) is 32.9 Å². The Morgan fingerprint density at radius 1 is 1.47 bits per heavy atom. The number of nitrogens with zero attached hydrogens (tertiary/aromatic N) is 1. The fraction of sp³-hybridized carbons (Fsp3) is 1.00. The van der Waals surface area contributed by atoms with Crippen LogP contribution >= 0.6 is 0 Å². The molecule has 0 amide bonds. The third-order valence-corrected chi connectivity index (χ3v) is 3.08. The Kier molecular flexibility index (Phi) is 4.99. The van der Waals surface area contributed by atoms with Crippen molar-refractivity contribution in [2.75, 3.05) is 47.5 Å². The zero-order valence-electron chi connectivity index (χ0n) is 10.1. The van der Waals surface area contributed by atoms with Crippen LogP contribution in [0.4, 0.5) is 0 Å². The third-order valence-electron chi connectivity index (χ3n) is 3.08. The lowest BCUT2D eigenvalue weighted by atomic mass is 9.95. The van der Waals surface area contributed by atoms with Crippen LogP contribution in [0.25, 0.3) is 0 Å². The molecule has 0 aromatic rings. The molecule has 4 nitrogen and oxygen atoms in total. The number of aliphatic hydroxyl groups excluding tert-OH is 1. The van der Waals surface area contributed by atoms with Crippen molar-refractivity contribution in [1.82, 2.24) is 10.2 Å². The molecule has 1 unspecified atom stereocenters. The molecule has 0 heterocycles. The molecule has 1 saturated carbocycles. The van der Waals surface area contributed by atoms with E-state index in [0.717, 1.165) is 13.1 Å². The van der Waals surface area contributed by atoms with Gasteiger partial charge in [0.1, 0.15) is 0 Å². The van der Waals surface area contributed by atoms with Gasteiger partial charge in [0.25, 0.3) is 0 Å². The van der Waals surface area contributed by atoms with Crippen LogP contribution in [-0.4, -0.2) is 63.1 Å². The second-order valence-electron chi connectivity index (χ2n) is 4.75. The van der Waals surface area contributed by atoms with Crippen molar-refractivity contribution in [2.24, 2.45) is 5.92 Å². The topological polar surface area (TPSA) is 44.7 Å². The Labute approximate surface area is 92.6 Å². The van der Waals surface area contributed by atoms with Gasteiger partial charge in [-0.1, -0.05) is 0 Å². The highest BCUT2D eigenvalue weighted by Crippen LogP contribution is 2.39. The quantitative estimate of drug-likeness (QED) is 0.596. The lowest BCUT2D eigenvalue weighted by Crippen LogP contribution is -2.55. The van der Waals surface area contributed by atoms with Crippen molar-refractivity contribution in [1.29, 1.82) is 0 Å². The van der Waals surface area contributed by atoms with E-state index in [1.807, 2.05) is 0 Å². The summed E-state index contributed by atoms with van der Waals surface area (Å²) >= 11 is 0. The van der Waals surface area contributed by atoms with Crippen molar-refractivity contribution in [2.45, 2.75) is 18.4 Å². The maximum absolute atomic E-state index is 9.53. The summed E-state index contributed by atoms with van der Waals surface area (Å²) in [4.78, 5) is 2.13. The zero-order chi connectivity index (χ0) is 11.3. The van der Waals surface area contributed by atoms with Crippen molar-refractivity contribution < 1.29 is 9.84 Å². The molecule has 4 heteroatoms. The summed E-state index contributed by atoms with van der Waals surface area (Å²) < 4.78 is 5.22. The molecule has 1 rings (SSSR count). The van der Waals surface area contributed by atoms with Gasteiger partial charge in [-0.25, -0.2) is 0 Å². The number of rotatable bonds is 8. The van der Waals surface area contributed by atoms with Gasteiger partial charge in [-0.3, -0.25) is 0 Å². The minimum atomic E-state index is -0.204. The molecule has 0 aromatic carbocycles. The Bertz CT molecular complexity index is 183. The second kappa shape index (κ2) is 5.80. The number of ether oxygens (including phenoxy) is 1. The average molecular weight is 216 g/mol. The minimum Gasteiger partial charge on any atom is -0.394 e. The smallest absolute Gasteiger partial charge is 0.0679 e. The van der Waals surface area contributed by atoms with Gasteiger partial charge < -0.3 is 20.1 Å². The number of aliphatic hydroxyl groups is 1. The van der Waals surface area contributed by atoms with E-state index >= 15 is 0 Å². The molecule has 1 fully saturated rings. The van der Waals surface area contributed by atoms with Gasteiger partial charge in [-0.15, -0.1) is 0 Å². The predicted molar refractivity (Wildman–Crippen MR) is 61.0 cm³/mol. The van der Waals surface area contributed by atoms with Gasteiger partial charge >= 0.3 is 0 Å². The normalized spacial score (nSPS) is 20.6. The summed E-state index contributed by atoms with van der Waals surface area (Å²) in [5, 5.41) is 13.0. The van der Waals surface area contributed by atoms with E-state index < -0.39 is 0 Å². The van der Waals surface area contributed by atoms with Crippen LogP contribution in [0.5, 0.6) is 0 Å². The molecule has 15 heavy (non-hydrogen) atoms. The van der Waals surface area contributed by atoms with Crippen molar-refractivity contribution in [3.8, 4) is 0 Å². The predicted octanol–water partition coefficient (Wildman–Crippen LogP) is -0.0749. The van der Waals surface area contributed by atoms with Crippen LogP contribution in [0.2, 0.25) is 0 Å². The van der Waals surface area contributed by atoms with E-state index in [0.29, 0.717) is 12.5 Å². The first-order chi connectivity index (χ1) is 7.14. The molecule has 1 atom stereocenters. The summed E-state index contributed by atoms with van der Waals surface area (Å²) in [5.41, 5.74) is -0.204. The van der Waals surface area contributed by atoms with Crippen LogP contribution in [0.3, 0.4) is 0 Å². The van der Waals surface area contributed by atoms with E-state index in [2.05, 4.69) is 24.3 Å². The third kappa shape index (κ3) is 3.72. The molecular formula is C11H24N2O2. The van der Waals surface area contributed by atoms with Crippen molar-refractivity contribution in [3.63, 3.8) is 0 Å². The molecule has 2 N–H and O–H groups in total. The number of nitrogens with one attached hydrogen (secondary N) is 1. The highest BCUT2D eigenvalue weighted by atomic mass is 16.5. The number of hydrogen-bond donors (Lipinski definition) is 2. The lowest BCUT2D eigenvalue weighted by Gasteiger charge is -2.33. The Morgan fingerprint density at radius 2 is 2.13 bits per heavy atom. The second-order valence-corrected chi connectivity index (χ2v) is 4.75. The maximum Gasteiger partial charge on any atom is 0.0679 e. The van der Waals surface area contributed by atoms with Crippen LogP contribution in [-0.2, 0) is 4.74 Å². The Morgan fingerprint density at radius 3 is 2.53 bits per heavy atom. The average Bonchev–Trinajstić information content (AvgIpc) is 2.99. The monoisotopic (exact) mass is 216 g/mol. The van der Waals surface area contributed by atoms with E-state index in [9.17, 15) is 5.11 Å². The van der Waals surface area contributed by atoms with Crippen LogP contribution < -0.4 is 5.32 Å². The summed E-state index contributed by atoms with van der Waals surface area (Å²) in [6.07, 6.45) is 2.41. The minimum absolute atomic E-state index is 0.166. The Hall–Kier alpha value is -0.160. The first-order valence-electron chi connectivity index (χ1n) is 5.64. The largest absolute Gasteiger partial charge is 0.394 e. The van der Waals surface area contributed by atoms with Gasteiger partial charge in [-0.2, -0.15) is 0 Å². The lowest BCUT2D eigenvalue weighted by molar-refractivity contribution is 0.0473. The zero-order valence-corrected chi connectivity index (χ0v) is 10.1. The number of likely N-dealkylation sites (N-methyl/N-ethyl adjacent to an activating group) is 1. The highest BCUT2D eigenvalue weighted by Gasteiger charge is 2.44. The van der Waals surface area contributed by atoms with Gasteiger partial charge in [0.15, 0.2) is 0 Å². The molecular weight excluding hydrogens is 192 g/mol. The maximum atomic E-state index is 9.53. The SMILES string of the molecule is COCC(CO)(NCCN(C)C)C1CC1. The first-order valence-corrected chi connectivity index (χ1v) is 5.64. The molecule has 0 bridgehead atoms.